The average Bonchev–Trinajstić information content (AvgIpc) is 2.43. The molecule has 2 aromatic rings. The van der Waals surface area contributed by atoms with Gasteiger partial charge in [-0.1, -0.05) is 23.2 Å². The smallest absolute Gasteiger partial charge is 0.268 e. The third-order valence-electron chi connectivity index (χ3n) is 2.42. The van der Waals surface area contributed by atoms with Gasteiger partial charge in [-0.25, -0.2) is 4.98 Å². The van der Waals surface area contributed by atoms with Gasteiger partial charge in [-0.05, 0) is 19.1 Å². The molecule has 0 atom stereocenters. The van der Waals surface area contributed by atoms with Crippen LogP contribution in [-0.2, 0) is 0 Å². The van der Waals surface area contributed by atoms with E-state index in [1.54, 1.807) is 18.2 Å². The summed E-state index contributed by atoms with van der Waals surface area (Å²) >= 11 is 12.0. The van der Waals surface area contributed by atoms with Crippen molar-refractivity contribution in [2.45, 2.75) is 6.92 Å². The van der Waals surface area contributed by atoms with Crippen molar-refractivity contribution in [1.29, 1.82) is 0 Å². The number of hydrogen-bond acceptors (Lipinski definition) is 5. The fraction of sp³-hybridized carbons (Fsp3) is 0.231. The van der Waals surface area contributed by atoms with E-state index in [9.17, 15) is 0 Å². The molecule has 106 valence electrons. The summed E-state index contributed by atoms with van der Waals surface area (Å²) in [5.41, 5.74) is 0. The number of hydrogen-bond donors (Lipinski definition) is 1. The molecular formula is C13H13Cl2N3O2. The molecule has 0 spiro atoms. The van der Waals surface area contributed by atoms with Gasteiger partial charge in [0.15, 0.2) is 5.82 Å². The van der Waals surface area contributed by atoms with Crippen LogP contribution < -0.4 is 14.8 Å². The Morgan fingerprint density at radius 2 is 2.05 bits per heavy atom. The monoisotopic (exact) mass is 313 g/mol. The molecule has 1 heterocycles. The zero-order valence-corrected chi connectivity index (χ0v) is 12.5. The number of rotatable bonds is 5. The Hall–Kier alpha value is -1.72. The first-order valence-electron chi connectivity index (χ1n) is 5.91. The molecule has 1 aromatic heterocycles. The first-order valence-corrected chi connectivity index (χ1v) is 6.67. The minimum atomic E-state index is 0.266. The molecule has 0 bridgehead atoms. The maximum atomic E-state index is 6.06. The van der Waals surface area contributed by atoms with Crippen molar-refractivity contribution in [3.8, 4) is 17.4 Å². The van der Waals surface area contributed by atoms with Gasteiger partial charge in [-0.3, -0.25) is 0 Å². The lowest BCUT2D eigenvalue weighted by atomic mass is 10.3. The molecule has 0 unspecified atom stereocenters. The van der Waals surface area contributed by atoms with E-state index in [2.05, 4.69) is 15.3 Å². The summed E-state index contributed by atoms with van der Waals surface area (Å²) in [4.78, 5) is 8.15. The highest BCUT2D eigenvalue weighted by molar-refractivity contribution is 6.34. The summed E-state index contributed by atoms with van der Waals surface area (Å²) in [5, 5.41) is 4.01. The Bertz CT molecular complexity index is 608. The van der Waals surface area contributed by atoms with Crippen LogP contribution in [0.5, 0.6) is 17.4 Å². The van der Waals surface area contributed by atoms with Crippen LogP contribution in [0.1, 0.15) is 6.92 Å². The van der Waals surface area contributed by atoms with Crippen LogP contribution in [0.3, 0.4) is 0 Å². The Kier molecular flexibility index (Phi) is 4.87. The molecule has 20 heavy (non-hydrogen) atoms. The number of aromatic nitrogens is 2. The van der Waals surface area contributed by atoms with Crippen LogP contribution in [0.15, 0.2) is 24.5 Å². The largest absolute Gasteiger partial charge is 0.489 e. The highest BCUT2D eigenvalue weighted by Gasteiger charge is 2.15. The second-order valence-electron chi connectivity index (χ2n) is 3.77. The lowest BCUT2D eigenvalue weighted by Gasteiger charge is -2.13. The van der Waals surface area contributed by atoms with Gasteiger partial charge in [0.05, 0.1) is 12.1 Å². The normalized spacial score (nSPS) is 10.2. The van der Waals surface area contributed by atoms with Crippen LogP contribution >= 0.6 is 23.2 Å². The van der Waals surface area contributed by atoms with Gasteiger partial charge in [-0.15, -0.1) is 0 Å². The van der Waals surface area contributed by atoms with Crippen molar-refractivity contribution < 1.29 is 9.47 Å². The molecule has 1 aromatic carbocycles. The van der Waals surface area contributed by atoms with Crippen LogP contribution in [0.25, 0.3) is 0 Å². The molecular weight excluding hydrogens is 301 g/mol. The lowest BCUT2D eigenvalue weighted by molar-refractivity contribution is 0.369. The summed E-state index contributed by atoms with van der Waals surface area (Å²) in [7, 11) is 1.52. The minimum absolute atomic E-state index is 0.266. The van der Waals surface area contributed by atoms with E-state index in [1.165, 1.54) is 13.4 Å². The van der Waals surface area contributed by atoms with E-state index < -0.39 is 0 Å². The van der Waals surface area contributed by atoms with Crippen LogP contribution in [0.4, 0.5) is 5.82 Å². The molecule has 2 rings (SSSR count). The van der Waals surface area contributed by atoms with Gasteiger partial charge < -0.3 is 14.8 Å². The molecule has 0 saturated heterocycles. The number of nitrogens with one attached hydrogen (secondary N) is 1. The maximum Gasteiger partial charge on any atom is 0.268 e. The second kappa shape index (κ2) is 6.63. The maximum absolute atomic E-state index is 6.06. The summed E-state index contributed by atoms with van der Waals surface area (Å²) in [6.07, 6.45) is 1.38. The summed E-state index contributed by atoms with van der Waals surface area (Å²) in [6, 6.07) is 4.94. The second-order valence-corrected chi connectivity index (χ2v) is 4.61. The molecule has 0 saturated carbocycles. The summed E-state index contributed by atoms with van der Waals surface area (Å²) < 4.78 is 10.9. The topological polar surface area (TPSA) is 56.3 Å². The highest BCUT2D eigenvalue weighted by atomic mass is 35.5. The lowest BCUT2D eigenvalue weighted by Crippen LogP contribution is -2.04. The van der Waals surface area contributed by atoms with Crippen LogP contribution in [-0.4, -0.2) is 23.6 Å². The van der Waals surface area contributed by atoms with Crippen molar-refractivity contribution in [3.63, 3.8) is 0 Å². The fourth-order valence-electron chi connectivity index (χ4n) is 1.57. The standard InChI is InChI=1S/C13H13Cl2N3O2/c1-3-16-12-11(19-2)13(18-7-17-12)20-10-6-8(14)4-5-9(10)15/h4-7H,3H2,1-2H3,(H,16,17,18). The van der Waals surface area contributed by atoms with E-state index in [-0.39, 0.29) is 5.88 Å². The average molecular weight is 314 g/mol. The van der Waals surface area contributed by atoms with Gasteiger partial charge in [0, 0.05) is 17.6 Å². The molecule has 0 aliphatic heterocycles. The fourth-order valence-corrected chi connectivity index (χ4v) is 1.89. The highest BCUT2D eigenvalue weighted by Crippen LogP contribution is 2.37. The van der Waals surface area contributed by atoms with Gasteiger partial charge in [0.25, 0.3) is 5.88 Å². The Labute approximate surface area is 126 Å². The molecule has 1 N–H and O–H groups in total. The third-order valence-corrected chi connectivity index (χ3v) is 2.97. The number of halogens is 2. The quantitative estimate of drug-likeness (QED) is 0.903. The molecule has 0 fully saturated rings. The molecule has 0 radical (unpaired) electrons. The van der Waals surface area contributed by atoms with Gasteiger partial charge >= 0.3 is 0 Å². The third kappa shape index (κ3) is 3.23. The first kappa shape index (κ1) is 14.7. The zero-order valence-electron chi connectivity index (χ0n) is 11.0. The van der Waals surface area contributed by atoms with Crippen molar-refractivity contribution >= 4 is 29.0 Å². The number of anilines is 1. The predicted molar refractivity (Wildman–Crippen MR) is 79.3 cm³/mol. The van der Waals surface area contributed by atoms with Gasteiger partial charge in [0.2, 0.25) is 5.75 Å². The van der Waals surface area contributed by atoms with Crippen LogP contribution in [0.2, 0.25) is 10.0 Å². The molecule has 0 amide bonds. The first-order chi connectivity index (χ1) is 9.65. The van der Waals surface area contributed by atoms with Crippen molar-refractivity contribution in [3.05, 3.63) is 34.6 Å². The van der Waals surface area contributed by atoms with E-state index in [0.29, 0.717) is 33.9 Å². The molecule has 0 aliphatic carbocycles. The Balaban J connectivity index is 2.37. The van der Waals surface area contributed by atoms with E-state index in [0.717, 1.165) is 0 Å². The SMILES string of the molecule is CCNc1ncnc(Oc2cc(Cl)ccc2Cl)c1OC. The number of ether oxygens (including phenoxy) is 2. The number of methoxy groups -OCH3 is 1. The minimum Gasteiger partial charge on any atom is -0.489 e. The van der Waals surface area contributed by atoms with Crippen molar-refractivity contribution in [2.24, 2.45) is 0 Å². The molecule has 7 heteroatoms. The van der Waals surface area contributed by atoms with Crippen molar-refractivity contribution in [2.75, 3.05) is 19.0 Å². The van der Waals surface area contributed by atoms with E-state index in [1.807, 2.05) is 6.92 Å². The van der Waals surface area contributed by atoms with Crippen LogP contribution in [0, 0.1) is 0 Å². The molecule has 5 nitrogen and oxygen atoms in total. The Morgan fingerprint density at radius 3 is 2.75 bits per heavy atom. The van der Waals surface area contributed by atoms with E-state index >= 15 is 0 Å². The summed E-state index contributed by atoms with van der Waals surface area (Å²) in [6.45, 7) is 2.65. The number of nitrogens with zero attached hydrogens (tertiary/aromatic N) is 2. The predicted octanol–water partition coefficient (Wildman–Crippen LogP) is 4.02. The molecule has 0 aliphatic rings. The van der Waals surface area contributed by atoms with E-state index in [4.69, 9.17) is 32.7 Å². The van der Waals surface area contributed by atoms with Gasteiger partial charge in [0.1, 0.15) is 12.1 Å². The number of benzene rings is 1. The van der Waals surface area contributed by atoms with Gasteiger partial charge in [-0.2, -0.15) is 4.98 Å². The Morgan fingerprint density at radius 1 is 1.25 bits per heavy atom. The summed E-state index contributed by atoms with van der Waals surface area (Å²) in [5.74, 6) is 1.63. The van der Waals surface area contributed by atoms with Crippen molar-refractivity contribution in [1.82, 2.24) is 9.97 Å². The zero-order chi connectivity index (χ0) is 14.5.